The molecule has 0 aliphatic carbocycles. The average molecular weight is 369 g/mol. The van der Waals surface area contributed by atoms with Crippen LogP contribution in [0.25, 0.3) is 0 Å². The quantitative estimate of drug-likeness (QED) is 0.717. The molecule has 2 rings (SSSR count). The molecular formula is C22H27NO4. The van der Waals surface area contributed by atoms with Gasteiger partial charge >= 0.3 is 5.97 Å². The van der Waals surface area contributed by atoms with E-state index in [2.05, 4.69) is 5.32 Å². The van der Waals surface area contributed by atoms with Crippen LogP contribution in [0.4, 0.5) is 0 Å². The van der Waals surface area contributed by atoms with E-state index in [4.69, 9.17) is 9.47 Å². The van der Waals surface area contributed by atoms with Crippen LogP contribution in [0.5, 0.6) is 5.75 Å². The first-order valence-corrected chi connectivity index (χ1v) is 9.16. The predicted octanol–water partition coefficient (Wildman–Crippen LogP) is 3.89. The van der Waals surface area contributed by atoms with Gasteiger partial charge in [-0.3, -0.25) is 4.79 Å². The Hall–Kier alpha value is -2.82. The molecule has 0 aromatic heterocycles. The predicted molar refractivity (Wildman–Crippen MR) is 105 cm³/mol. The molecule has 0 heterocycles. The van der Waals surface area contributed by atoms with Crippen molar-refractivity contribution >= 4 is 11.9 Å². The Labute approximate surface area is 160 Å². The molecule has 2 aromatic rings. The van der Waals surface area contributed by atoms with E-state index in [0.29, 0.717) is 17.9 Å². The lowest BCUT2D eigenvalue weighted by Crippen LogP contribution is -2.45. The van der Waals surface area contributed by atoms with Crippen molar-refractivity contribution in [3.05, 3.63) is 65.2 Å². The van der Waals surface area contributed by atoms with Crippen LogP contribution in [0, 0.1) is 12.8 Å². The maximum Gasteiger partial charge on any atom is 0.329 e. The lowest BCUT2D eigenvalue weighted by Gasteiger charge is -2.21. The van der Waals surface area contributed by atoms with Gasteiger partial charge in [-0.15, -0.1) is 0 Å². The fourth-order valence-electron chi connectivity index (χ4n) is 2.52. The van der Waals surface area contributed by atoms with E-state index in [9.17, 15) is 9.59 Å². The second kappa shape index (κ2) is 9.76. The minimum atomic E-state index is -0.713. The van der Waals surface area contributed by atoms with Gasteiger partial charge in [0.1, 0.15) is 18.4 Å². The fourth-order valence-corrected chi connectivity index (χ4v) is 2.52. The highest BCUT2D eigenvalue weighted by molar-refractivity contribution is 5.96. The normalized spacial score (nSPS) is 11.7. The van der Waals surface area contributed by atoms with Gasteiger partial charge in [0.2, 0.25) is 0 Å². The van der Waals surface area contributed by atoms with Gasteiger partial charge in [0.25, 0.3) is 5.91 Å². The van der Waals surface area contributed by atoms with Gasteiger partial charge in [0, 0.05) is 5.56 Å². The summed E-state index contributed by atoms with van der Waals surface area (Å²) in [6, 6.07) is 13.9. The summed E-state index contributed by atoms with van der Waals surface area (Å²) >= 11 is 0. The van der Waals surface area contributed by atoms with Crippen LogP contribution >= 0.6 is 0 Å². The van der Waals surface area contributed by atoms with Crippen LogP contribution in [0.3, 0.4) is 0 Å². The molecule has 1 atom stereocenters. The molecule has 1 N–H and O–H groups in total. The van der Waals surface area contributed by atoms with Gasteiger partial charge in [0.05, 0.1) is 6.61 Å². The Kier molecular flexibility index (Phi) is 7.41. The van der Waals surface area contributed by atoms with Crippen molar-refractivity contribution in [1.29, 1.82) is 0 Å². The molecule has 144 valence electrons. The van der Waals surface area contributed by atoms with Crippen LogP contribution in [0.15, 0.2) is 48.5 Å². The van der Waals surface area contributed by atoms with Crippen molar-refractivity contribution in [3.8, 4) is 5.75 Å². The molecule has 0 bridgehead atoms. The lowest BCUT2D eigenvalue weighted by atomic mass is 10.0. The number of aryl methyl sites for hydroxylation is 1. The molecule has 0 saturated heterocycles. The highest BCUT2D eigenvalue weighted by atomic mass is 16.5. The van der Waals surface area contributed by atoms with E-state index < -0.39 is 12.0 Å². The van der Waals surface area contributed by atoms with Crippen molar-refractivity contribution in [3.63, 3.8) is 0 Å². The third-order valence-corrected chi connectivity index (χ3v) is 4.14. The number of benzene rings is 2. The van der Waals surface area contributed by atoms with Crippen molar-refractivity contribution < 1.29 is 19.1 Å². The summed E-state index contributed by atoms with van der Waals surface area (Å²) in [6.07, 6.45) is 0. The maximum absolute atomic E-state index is 12.5. The van der Waals surface area contributed by atoms with Gasteiger partial charge in [-0.2, -0.15) is 0 Å². The SMILES string of the molecule is CCOc1ccc(C(=O)N[C@H](C(=O)OCc2ccc(C)cc2)C(C)C)cc1. The third-order valence-electron chi connectivity index (χ3n) is 4.14. The number of hydrogen-bond acceptors (Lipinski definition) is 4. The summed E-state index contributed by atoms with van der Waals surface area (Å²) in [5.74, 6) is -0.150. The van der Waals surface area contributed by atoms with Gasteiger partial charge in [-0.05, 0) is 49.6 Å². The van der Waals surface area contributed by atoms with E-state index in [1.165, 1.54) is 0 Å². The molecule has 27 heavy (non-hydrogen) atoms. The minimum absolute atomic E-state index is 0.0952. The van der Waals surface area contributed by atoms with E-state index in [-0.39, 0.29) is 18.4 Å². The summed E-state index contributed by atoms with van der Waals surface area (Å²) < 4.78 is 10.8. The molecule has 0 aliphatic heterocycles. The highest BCUT2D eigenvalue weighted by Crippen LogP contribution is 2.14. The van der Waals surface area contributed by atoms with Crippen LogP contribution in [0.1, 0.15) is 42.3 Å². The number of rotatable bonds is 8. The van der Waals surface area contributed by atoms with Crippen molar-refractivity contribution in [2.45, 2.75) is 40.3 Å². The second-order valence-electron chi connectivity index (χ2n) is 6.75. The number of carbonyl (C=O) groups excluding carboxylic acids is 2. The molecule has 0 saturated carbocycles. The Bertz CT molecular complexity index is 751. The number of hydrogen-bond donors (Lipinski definition) is 1. The monoisotopic (exact) mass is 369 g/mol. The first-order valence-electron chi connectivity index (χ1n) is 9.16. The zero-order valence-electron chi connectivity index (χ0n) is 16.3. The number of carbonyl (C=O) groups is 2. The molecule has 5 heteroatoms. The molecule has 1 amide bonds. The van der Waals surface area contributed by atoms with Gasteiger partial charge in [0.15, 0.2) is 0 Å². The summed E-state index contributed by atoms with van der Waals surface area (Å²) in [5, 5.41) is 2.78. The largest absolute Gasteiger partial charge is 0.494 e. The summed E-state index contributed by atoms with van der Waals surface area (Å²) in [4.78, 5) is 25.0. The van der Waals surface area contributed by atoms with E-state index in [1.54, 1.807) is 24.3 Å². The summed E-state index contributed by atoms with van der Waals surface area (Å²) in [6.45, 7) is 8.39. The summed E-state index contributed by atoms with van der Waals surface area (Å²) in [7, 11) is 0. The van der Waals surface area contributed by atoms with Crippen LogP contribution in [0.2, 0.25) is 0 Å². The number of ether oxygens (including phenoxy) is 2. The molecular weight excluding hydrogens is 342 g/mol. The van der Waals surface area contributed by atoms with Crippen LogP contribution < -0.4 is 10.1 Å². The zero-order valence-corrected chi connectivity index (χ0v) is 16.3. The van der Waals surface area contributed by atoms with Gasteiger partial charge < -0.3 is 14.8 Å². The van der Waals surface area contributed by atoms with Crippen molar-refractivity contribution in [2.75, 3.05) is 6.61 Å². The van der Waals surface area contributed by atoms with E-state index in [0.717, 1.165) is 11.1 Å². The van der Waals surface area contributed by atoms with Gasteiger partial charge in [-0.25, -0.2) is 4.79 Å². The second-order valence-corrected chi connectivity index (χ2v) is 6.75. The molecule has 0 spiro atoms. The molecule has 0 fully saturated rings. The Morgan fingerprint density at radius 1 is 1.00 bits per heavy atom. The van der Waals surface area contributed by atoms with Crippen LogP contribution in [-0.4, -0.2) is 24.5 Å². The molecule has 5 nitrogen and oxygen atoms in total. The molecule has 0 radical (unpaired) electrons. The van der Waals surface area contributed by atoms with Crippen molar-refractivity contribution in [2.24, 2.45) is 5.92 Å². The molecule has 0 aliphatic rings. The molecule has 0 unspecified atom stereocenters. The molecule has 2 aromatic carbocycles. The average Bonchev–Trinajstić information content (AvgIpc) is 2.66. The fraction of sp³-hybridized carbons (Fsp3) is 0.364. The highest BCUT2D eigenvalue weighted by Gasteiger charge is 2.26. The number of amides is 1. The van der Waals surface area contributed by atoms with E-state index in [1.807, 2.05) is 52.0 Å². The number of nitrogens with one attached hydrogen (secondary N) is 1. The van der Waals surface area contributed by atoms with Crippen LogP contribution in [-0.2, 0) is 16.1 Å². The zero-order chi connectivity index (χ0) is 19.8. The van der Waals surface area contributed by atoms with Crippen molar-refractivity contribution in [1.82, 2.24) is 5.32 Å². The Morgan fingerprint density at radius 3 is 2.19 bits per heavy atom. The number of esters is 1. The minimum Gasteiger partial charge on any atom is -0.494 e. The smallest absolute Gasteiger partial charge is 0.329 e. The standard InChI is InChI=1S/C22H27NO4/c1-5-26-19-12-10-18(11-13-19)21(24)23-20(15(2)3)22(25)27-14-17-8-6-16(4)7-9-17/h6-13,15,20H,5,14H2,1-4H3,(H,23,24)/t20-/m0/s1. The Balaban J connectivity index is 1.97. The van der Waals surface area contributed by atoms with E-state index >= 15 is 0 Å². The third kappa shape index (κ3) is 6.13. The first-order chi connectivity index (χ1) is 12.9. The first kappa shape index (κ1) is 20.5. The van der Waals surface area contributed by atoms with Gasteiger partial charge in [-0.1, -0.05) is 43.7 Å². The lowest BCUT2D eigenvalue weighted by molar-refractivity contribution is -0.148. The summed E-state index contributed by atoms with van der Waals surface area (Å²) in [5.41, 5.74) is 2.53. The Morgan fingerprint density at radius 2 is 1.63 bits per heavy atom. The maximum atomic E-state index is 12.5. The topological polar surface area (TPSA) is 64.6 Å².